The number of carbonyl (C=O) groups is 1. The Hall–Kier alpha value is -2.53. The zero-order chi connectivity index (χ0) is 19.2. The van der Waals surface area contributed by atoms with E-state index in [1.807, 2.05) is 30.0 Å². The van der Waals surface area contributed by atoms with Crippen LogP contribution >= 0.6 is 0 Å². The topological polar surface area (TPSA) is 43.2 Å². The number of nitrogens with zero attached hydrogens (tertiary/aromatic N) is 1. The van der Waals surface area contributed by atoms with Gasteiger partial charge in [0.2, 0.25) is 0 Å². The molecule has 0 aliphatic carbocycles. The number of methoxy groups -OCH3 is 2. The first-order valence-electron chi connectivity index (χ1n) is 9.53. The molecule has 1 aliphatic rings. The molecule has 5 heteroatoms. The van der Waals surface area contributed by atoms with Crippen LogP contribution in [-0.2, 0) is 24.3 Å². The standard InChI is InChI=1S/C22H28N2O3/c1-4-24(14-17-8-6-5-7-9-17)22(25)16-23-11-10-18-12-20(26-2)21(27-3)13-19(18)15-23/h5-9,12-13H,4,10-11,14-16H2,1-3H3/p+1. The molecule has 3 rings (SSSR count). The minimum absolute atomic E-state index is 0.209. The molecule has 2 aromatic rings. The summed E-state index contributed by atoms with van der Waals surface area (Å²) in [7, 11) is 3.32. The molecule has 5 nitrogen and oxygen atoms in total. The van der Waals surface area contributed by atoms with Gasteiger partial charge in [0, 0.05) is 25.1 Å². The molecule has 144 valence electrons. The Kier molecular flexibility index (Phi) is 6.35. The number of likely N-dealkylation sites (N-methyl/N-ethyl adjacent to an activating group) is 1. The van der Waals surface area contributed by atoms with Crippen molar-refractivity contribution >= 4 is 5.91 Å². The number of hydrogen-bond acceptors (Lipinski definition) is 3. The van der Waals surface area contributed by atoms with Crippen molar-refractivity contribution in [2.24, 2.45) is 0 Å². The summed E-state index contributed by atoms with van der Waals surface area (Å²) in [5, 5.41) is 0. The van der Waals surface area contributed by atoms with E-state index < -0.39 is 0 Å². The first-order chi connectivity index (χ1) is 13.1. The molecule has 0 saturated carbocycles. The Bertz CT molecular complexity index is 777. The molecule has 1 atom stereocenters. The van der Waals surface area contributed by atoms with E-state index in [1.165, 1.54) is 21.6 Å². The fourth-order valence-corrected chi connectivity index (χ4v) is 3.69. The molecular formula is C22H29N2O3+. The van der Waals surface area contributed by atoms with Gasteiger partial charge in [-0.15, -0.1) is 0 Å². The van der Waals surface area contributed by atoms with Crippen molar-refractivity contribution in [3.8, 4) is 11.5 Å². The molecule has 27 heavy (non-hydrogen) atoms. The van der Waals surface area contributed by atoms with Gasteiger partial charge in [-0.2, -0.15) is 0 Å². The summed E-state index contributed by atoms with van der Waals surface area (Å²) < 4.78 is 10.8. The monoisotopic (exact) mass is 369 g/mol. The zero-order valence-electron chi connectivity index (χ0n) is 16.5. The molecule has 1 amide bonds. The molecule has 0 fully saturated rings. The largest absolute Gasteiger partial charge is 0.493 e. The highest BCUT2D eigenvalue weighted by molar-refractivity contribution is 5.77. The first kappa shape index (κ1) is 19.2. The number of fused-ring (bicyclic) bond motifs is 1. The van der Waals surface area contributed by atoms with Crippen LogP contribution in [0.5, 0.6) is 11.5 Å². The maximum absolute atomic E-state index is 12.8. The second-order valence-electron chi connectivity index (χ2n) is 6.97. The van der Waals surface area contributed by atoms with Gasteiger partial charge in [0.15, 0.2) is 18.0 Å². The lowest BCUT2D eigenvalue weighted by molar-refractivity contribution is -0.908. The van der Waals surface area contributed by atoms with Gasteiger partial charge in [-0.05, 0) is 30.2 Å². The van der Waals surface area contributed by atoms with Crippen LogP contribution in [0, 0.1) is 0 Å². The lowest BCUT2D eigenvalue weighted by Gasteiger charge is -2.29. The van der Waals surface area contributed by atoms with Crippen molar-refractivity contribution in [2.75, 3.05) is 33.9 Å². The molecule has 0 radical (unpaired) electrons. The van der Waals surface area contributed by atoms with Crippen LogP contribution in [0.3, 0.4) is 0 Å². The van der Waals surface area contributed by atoms with E-state index >= 15 is 0 Å². The van der Waals surface area contributed by atoms with Crippen LogP contribution in [0.4, 0.5) is 0 Å². The van der Waals surface area contributed by atoms with Gasteiger partial charge in [-0.3, -0.25) is 4.79 Å². The molecular weight excluding hydrogens is 340 g/mol. The SMILES string of the molecule is CCN(Cc1ccccc1)C(=O)C[NH+]1CCc2cc(OC)c(OC)cc2C1. The maximum Gasteiger partial charge on any atom is 0.278 e. The zero-order valence-corrected chi connectivity index (χ0v) is 16.5. The van der Waals surface area contributed by atoms with E-state index in [9.17, 15) is 4.79 Å². The molecule has 1 heterocycles. The summed E-state index contributed by atoms with van der Waals surface area (Å²) in [5.74, 6) is 1.74. The van der Waals surface area contributed by atoms with Crippen molar-refractivity contribution in [2.45, 2.75) is 26.4 Å². The third-order valence-corrected chi connectivity index (χ3v) is 5.25. The summed E-state index contributed by atoms with van der Waals surface area (Å²) in [5.41, 5.74) is 3.71. The van der Waals surface area contributed by atoms with Crippen LogP contribution in [0.2, 0.25) is 0 Å². The molecule has 0 spiro atoms. The lowest BCUT2D eigenvalue weighted by Crippen LogP contribution is -3.12. The van der Waals surface area contributed by atoms with Crippen molar-refractivity contribution in [1.29, 1.82) is 0 Å². The second-order valence-corrected chi connectivity index (χ2v) is 6.97. The van der Waals surface area contributed by atoms with Crippen LogP contribution in [-0.4, -0.2) is 44.7 Å². The van der Waals surface area contributed by atoms with E-state index in [2.05, 4.69) is 24.3 Å². The van der Waals surface area contributed by atoms with Gasteiger partial charge in [-0.1, -0.05) is 30.3 Å². The summed E-state index contributed by atoms with van der Waals surface area (Å²) in [4.78, 5) is 16.1. The fourth-order valence-electron chi connectivity index (χ4n) is 3.69. The van der Waals surface area contributed by atoms with Gasteiger partial charge in [-0.25, -0.2) is 0 Å². The number of nitrogens with one attached hydrogen (secondary N) is 1. The Labute approximate surface area is 161 Å². The van der Waals surface area contributed by atoms with Crippen molar-refractivity contribution in [3.63, 3.8) is 0 Å². The molecule has 0 saturated heterocycles. The highest BCUT2D eigenvalue weighted by Crippen LogP contribution is 2.31. The number of rotatable bonds is 7. The number of quaternary nitrogens is 1. The molecule has 0 aromatic heterocycles. The van der Waals surface area contributed by atoms with E-state index in [1.54, 1.807) is 14.2 Å². The van der Waals surface area contributed by atoms with Crippen molar-refractivity contribution in [3.05, 3.63) is 59.2 Å². The van der Waals surface area contributed by atoms with Crippen LogP contribution in [0.1, 0.15) is 23.6 Å². The average molecular weight is 369 g/mol. The highest BCUT2D eigenvalue weighted by Gasteiger charge is 2.25. The molecule has 0 bridgehead atoms. The highest BCUT2D eigenvalue weighted by atomic mass is 16.5. The number of hydrogen-bond donors (Lipinski definition) is 1. The Morgan fingerprint density at radius 1 is 1.07 bits per heavy atom. The average Bonchev–Trinajstić information content (AvgIpc) is 2.71. The minimum atomic E-state index is 0.209. The first-order valence-corrected chi connectivity index (χ1v) is 9.53. The Balaban J connectivity index is 1.65. The quantitative estimate of drug-likeness (QED) is 0.808. The van der Waals surface area contributed by atoms with Gasteiger partial charge in [0.05, 0.1) is 20.8 Å². The van der Waals surface area contributed by atoms with E-state index in [0.717, 1.165) is 37.6 Å². The smallest absolute Gasteiger partial charge is 0.278 e. The molecule has 1 unspecified atom stereocenters. The maximum atomic E-state index is 12.8. The number of benzene rings is 2. The number of amides is 1. The Morgan fingerprint density at radius 3 is 2.37 bits per heavy atom. The van der Waals surface area contributed by atoms with Crippen LogP contribution in [0.15, 0.2) is 42.5 Å². The molecule has 1 N–H and O–H groups in total. The van der Waals surface area contributed by atoms with Gasteiger partial charge >= 0.3 is 0 Å². The third-order valence-electron chi connectivity index (χ3n) is 5.25. The predicted molar refractivity (Wildman–Crippen MR) is 105 cm³/mol. The van der Waals surface area contributed by atoms with Gasteiger partial charge in [0.1, 0.15) is 6.54 Å². The number of ether oxygens (including phenoxy) is 2. The summed E-state index contributed by atoms with van der Waals surface area (Å²) in [6.07, 6.45) is 0.948. The predicted octanol–water partition coefficient (Wildman–Crippen LogP) is 1.69. The van der Waals surface area contributed by atoms with E-state index in [4.69, 9.17) is 9.47 Å². The van der Waals surface area contributed by atoms with E-state index in [0.29, 0.717) is 13.1 Å². The number of carbonyl (C=O) groups excluding carboxylic acids is 1. The third kappa shape index (κ3) is 4.61. The summed E-state index contributed by atoms with van der Waals surface area (Å²) in [6, 6.07) is 14.3. The lowest BCUT2D eigenvalue weighted by atomic mass is 9.98. The minimum Gasteiger partial charge on any atom is -0.493 e. The van der Waals surface area contributed by atoms with Crippen molar-refractivity contribution < 1.29 is 19.2 Å². The summed E-state index contributed by atoms with van der Waals surface area (Å²) >= 11 is 0. The van der Waals surface area contributed by atoms with Gasteiger partial charge < -0.3 is 19.3 Å². The van der Waals surface area contributed by atoms with E-state index in [-0.39, 0.29) is 5.91 Å². The van der Waals surface area contributed by atoms with Gasteiger partial charge in [0.25, 0.3) is 5.91 Å². The van der Waals surface area contributed by atoms with Crippen molar-refractivity contribution in [1.82, 2.24) is 4.90 Å². The van der Waals surface area contributed by atoms with Crippen LogP contribution < -0.4 is 14.4 Å². The molecule has 1 aliphatic heterocycles. The fraction of sp³-hybridized carbons (Fsp3) is 0.409. The normalized spacial score (nSPS) is 15.7. The second kappa shape index (κ2) is 8.91. The summed E-state index contributed by atoms with van der Waals surface area (Å²) in [6.45, 7) is 5.75. The van der Waals surface area contributed by atoms with Crippen LogP contribution in [0.25, 0.3) is 0 Å². The Morgan fingerprint density at radius 2 is 1.74 bits per heavy atom. The molecule has 2 aromatic carbocycles.